The highest BCUT2D eigenvalue weighted by Crippen LogP contribution is 2.14. The van der Waals surface area contributed by atoms with E-state index in [9.17, 15) is 0 Å². The quantitative estimate of drug-likeness (QED) is 0.419. The van der Waals surface area contributed by atoms with Crippen molar-refractivity contribution in [2.45, 2.75) is 26.4 Å². The van der Waals surface area contributed by atoms with Crippen molar-refractivity contribution < 1.29 is 23.6 Å². The summed E-state index contributed by atoms with van der Waals surface area (Å²) in [5.74, 6) is 2.13. The number of ether oxygens (including phenoxy) is 2. The van der Waals surface area contributed by atoms with E-state index in [4.69, 9.17) is 23.6 Å². The van der Waals surface area contributed by atoms with E-state index >= 15 is 0 Å². The highest BCUT2D eigenvalue weighted by Gasteiger charge is 2.06. The smallest absolute Gasteiger partial charge is 0.254 e. The molecule has 8 heteroatoms. The van der Waals surface area contributed by atoms with Gasteiger partial charge in [0.2, 0.25) is 0 Å². The first kappa shape index (κ1) is 23.1. The Labute approximate surface area is 187 Å². The minimum absolute atomic E-state index is 0.165. The summed E-state index contributed by atoms with van der Waals surface area (Å²) in [5, 5.41) is 16.3. The average Bonchev–Trinajstić information content (AvgIpc) is 3.47. The third kappa shape index (κ3) is 7.90. The van der Waals surface area contributed by atoms with E-state index in [2.05, 4.69) is 10.3 Å². The predicted octanol–water partition coefficient (Wildman–Crippen LogP) is 4.06. The van der Waals surface area contributed by atoms with E-state index in [0.717, 1.165) is 23.4 Å². The van der Waals surface area contributed by atoms with Gasteiger partial charge in [-0.2, -0.15) is 0 Å². The molecule has 0 aliphatic rings. The second-order valence-electron chi connectivity index (χ2n) is 7.21. The number of hydrogen-bond acceptors (Lipinski definition) is 8. The fraction of sp³-hybridized carbons (Fsp3) is 0.250. The number of benzene rings is 2. The van der Waals surface area contributed by atoms with Crippen LogP contribution in [0.5, 0.6) is 11.8 Å². The minimum Gasteiger partial charge on any atom is -0.471 e. The summed E-state index contributed by atoms with van der Waals surface area (Å²) in [4.78, 5) is 2.02. The average molecular weight is 437 g/mol. The van der Waals surface area contributed by atoms with Crippen molar-refractivity contribution in [2.75, 3.05) is 14.1 Å². The van der Waals surface area contributed by atoms with Gasteiger partial charge in [-0.15, -0.1) is 0 Å². The first-order valence-electron chi connectivity index (χ1n) is 10.1. The van der Waals surface area contributed by atoms with Crippen LogP contribution in [0.4, 0.5) is 0 Å². The standard InChI is InChI=1S/C13H16N2O2.C11H11NO3/c1-15(2)9-12-8-13(14-17-12)16-10-11-6-4-3-5-7-11;13-7-10-6-11(12-15-10)14-8-9-4-2-1-3-5-9/h3-8H,9-10H2,1-2H3;1-6,13H,7-8H2. The number of aromatic nitrogens is 2. The van der Waals surface area contributed by atoms with E-state index in [1.54, 1.807) is 6.07 Å². The maximum absolute atomic E-state index is 8.75. The van der Waals surface area contributed by atoms with Crippen LogP contribution in [0, 0.1) is 0 Å². The molecule has 0 radical (unpaired) electrons. The maximum atomic E-state index is 8.75. The van der Waals surface area contributed by atoms with Gasteiger partial charge in [0.1, 0.15) is 19.8 Å². The second kappa shape index (κ2) is 12.3. The lowest BCUT2D eigenvalue weighted by molar-refractivity contribution is 0.221. The van der Waals surface area contributed by atoms with Crippen LogP contribution >= 0.6 is 0 Å². The van der Waals surface area contributed by atoms with Gasteiger partial charge in [0.25, 0.3) is 11.8 Å². The Balaban J connectivity index is 0.000000182. The highest BCUT2D eigenvalue weighted by molar-refractivity contribution is 5.17. The molecule has 168 valence electrons. The van der Waals surface area contributed by atoms with Crippen molar-refractivity contribution in [1.82, 2.24) is 15.2 Å². The molecule has 4 rings (SSSR count). The number of rotatable bonds is 9. The summed E-state index contributed by atoms with van der Waals surface area (Å²) in [7, 11) is 3.96. The zero-order chi connectivity index (χ0) is 22.6. The molecule has 0 bridgehead atoms. The van der Waals surface area contributed by atoms with E-state index in [1.807, 2.05) is 85.7 Å². The monoisotopic (exact) mass is 437 g/mol. The first-order valence-corrected chi connectivity index (χ1v) is 10.1. The molecule has 1 N–H and O–H groups in total. The lowest BCUT2D eigenvalue weighted by Gasteiger charge is -2.04. The molecule has 32 heavy (non-hydrogen) atoms. The van der Waals surface area contributed by atoms with Gasteiger partial charge in [0.05, 0.1) is 6.54 Å². The van der Waals surface area contributed by atoms with Gasteiger partial charge in [0, 0.05) is 12.1 Å². The molecular formula is C24H27N3O5. The Hall–Kier alpha value is -3.62. The largest absolute Gasteiger partial charge is 0.471 e. The van der Waals surface area contributed by atoms with Crippen molar-refractivity contribution in [3.8, 4) is 11.8 Å². The molecule has 0 spiro atoms. The Bertz CT molecular complexity index is 1030. The van der Waals surface area contributed by atoms with Crippen LogP contribution in [-0.2, 0) is 26.4 Å². The molecule has 4 aromatic rings. The molecule has 8 nitrogen and oxygen atoms in total. The van der Waals surface area contributed by atoms with Gasteiger partial charge in [0.15, 0.2) is 11.5 Å². The minimum atomic E-state index is -0.165. The predicted molar refractivity (Wildman–Crippen MR) is 118 cm³/mol. The molecule has 0 saturated heterocycles. The Morgan fingerprint density at radius 1 is 0.750 bits per heavy atom. The van der Waals surface area contributed by atoms with Gasteiger partial charge in [-0.1, -0.05) is 60.7 Å². The van der Waals surface area contributed by atoms with Crippen LogP contribution in [-0.4, -0.2) is 34.4 Å². The molecule has 0 fully saturated rings. The molecule has 2 heterocycles. The summed E-state index contributed by atoms with van der Waals surface area (Å²) in [5.41, 5.74) is 2.18. The van der Waals surface area contributed by atoms with Crippen LogP contribution in [0.3, 0.4) is 0 Å². The second-order valence-corrected chi connectivity index (χ2v) is 7.21. The van der Waals surface area contributed by atoms with Crippen LogP contribution < -0.4 is 9.47 Å². The first-order chi connectivity index (χ1) is 15.6. The van der Waals surface area contributed by atoms with Gasteiger partial charge < -0.3 is 28.5 Å². The van der Waals surface area contributed by atoms with Crippen molar-refractivity contribution in [2.24, 2.45) is 0 Å². The lowest BCUT2D eigenvalue weighted by atomic mass is 10.2. The fourth-order valence-electron chi connectivity index (χ4n) is 2.65. The van der Waals surface area contributed by atoms with Crippen molar-refractivity contribution in [3.05, 3.63) is 95.4 Å². The Kier molecular flexibility index (Phi) is 8.85. The highest BCUT2D eigenvalue weighted by atomic mass is 16.5. The number of aliphatic hydroxyl groups excluding tert-OH is 1. The van der Waals surface area contributed by atoms with E-state index in [1.165, 1.54) is 0 Å². The summed E-state index contributed by atoms with van der Waals surface area (Å²) in [6, 6.07) is 23.1. The zero-order valence-corrected chi connectivity index (χ0v) is 18.2. The molecular weight excluding hydrogens is 410 g/mol. The molecule has 0 atom stereocenters. The fourth-order valence-corrected chi connectivity index (χ4v) is 2.65. The third-order valence-electron chi connectivity index (χ3n) is 4.16. The molecule has 0 aliphatic carbocycles. The summed E-state index contributed by atoms with van der Waals surface area (Å²) >= 11 is 0. The molecule has 0 saturated carbocycles. The van der Waals surface area contributed by atoms with Gasteiger partial charge in [-0.3, -0.25) is 0 Å². The van der Waals surface area contributed by atoms with E-state index < -0.39 is 0 Å². The Morgan fingerprint density at radius 2 is 1.22 bits per heavy atom. The summed E-state index contributed by atoms with van der Waals surface area (Å²) in [6.07, 6.45) is 0. The van der Waals surface area contributed by atoms with Gasteiger partial charge in [-0.05, 0) is 35.5 Å². The Morgan fingerprint density at radius 3 is 1.66 bits per heavy atom. The zero-order valence-electron chi connectivity index (χ0n) is 18.2. The molecule has 0 unspecified atom stereocenters. The lowest BCUT2D eigenvalue weighted by Crippen LogP contribution is -2.09. The molecule has 2 aromatic carbocycles. The van der Waals surface area contributed by atoms with Crippen LogP contribution in [0.2, 0.25) is 0 Å². The van der Waals surface area contributed by atoms with Crippen molar-refractivity contribution in [3.63, 3.8) is 0 Å². The van der Waals surface area contributed by atoms with Crippen molar-refractivity contribution >= 4 is 0 Å². The normalized spacial score (nSPS) is 10.5. The molecule has 2 aromatic heterocycles. The van der Waals surface area contributed by atoms with E-state index in [0.29, 0.717) is 30.7 Å². The number of hydrogen-bond donors (Lipinski definition) is 1. The van der Waals surface area contributed by atoms with Crippen molar-refractivity contribution in [1.29, 1.82) is 0 Å². The van der Waals surface area contributed by atoms with Crippen LogP contribution in [0.25, 0.3) is 0 Å². The number of nitrogens with zero attached hydrogens (tertiary/aromatic N) is 3. The topological polar surface area (TPSA) is 94.0 Å². The third-order valence-corrected chi connectivity index (χ3v) is 4.16. The van der Waals surface area contributed by atoms with Gasteiger partial charge >= 0.3 is 0 Å². The summed E-state index contributed by atoms with van der Waals surface area (Å²) < 4.78 is 20.8. The number of aliphatic hydroxyl groups is 1. The van der Waals surface area contributed by atoms with Gasteiger partial charge in [-0.25, -0.2) is 0 Å². The summed E-state index contributed by atoms with van der Waals surface area (Å²) in [6.45, 7) is 1.51. The van der Waals surface area contributed by atoms with Crippen LogP contribution in [0.1, 0.15) is 22.6 Å². The molecule has 0 aliphatic heterocycles. The van der Waals surface area contributed by atoms with E-state index in [-0.39, 0.29) is 6.61 Å². The van der Waals surface area contributed by atoms with Crippen LogP contribution in [0.15, 0.2) is 81.8 Å². The molecule has 0 amide bonds. The SMILES string of the molecule is CN(C)Cc1cc(OCc2ccccc2)no1.OCc1cc(OCc2ccccc2)no1. The maximum Gasteiger partial charge on any atom is 0.254 e.